The molecule has 0 radical (unpaired) electrons. The molecule has 10 nitrogen and oxygen atoms in total. The number of carboxylic acid groups (broad SMARTS) is 1. The van der Waals surface area contributed by atoms with Gasteiger partial charge in [-0.3, -0.25) is 10.1 Å². The molecular weight excluding hydrogens is 481 g/mol. The van der Waals surface area contributed by atoms with Gasteiger partial charge in [0.2, 0.25) is 0 Å². The number of aliphatic carboxylic acids is 1. The fraction of sp³-hybridized carbons (Fsp3) is 0.435. The fourth-order valence-corrected chi connectivity index (χ4v) is 3.33. The molecule has 3 rings (SSSR count). The number of alkyl halides is 3. The van der Waals surface area contributed by atoms with Crippen LogP contribution in [0.2, 0.25) is 0 Å². The van der Waals surface area contributed by atoms with E-state index < -0.39 is 12.1 Å². The second kappa shape index (κ2) is 12.8. The number of nitrogens with one attached hydrogen (secondary N) is 3. The van der Waals surface area contributed by atoms with Crippen molar-refractivity contribution in [1.82, 2.24) is 25.7 Å². The van der Waals surface area contributed by atoms with Gasteiger partial charge in [-0.25, -0.2) is 9.59 Å². The molecule has 1 aromatic carbocycles. The van der Waals surface area contributed by atoms with Crippen LogP contribution in [0, 0.1) is 5.92 Å². The number of halogens is 3. The minimum Gasteiger partial charge on any atom is -0.475 e. The monoisotopic (exact) mass is 510 g/mol. The van der Waals surface area contributed by atoms with Crippen LogP contribution in [0.1, 0.15) is 35.5 Å². The van der Waals surface area contributed by atoms with Gasteiger partial charge in [0.1, 0.15) is 0 Å². The zero-order chi connectivity index (χ0) is 26.9. The van der Waals surface area contributed by atoms with Gasteiger partial charge in [0, 0.05) is 44.7 Å². The Morgan fingerprint density at radius 3 is 2.39 bits per heavy atom. The maximum atomic E-state index is 13.1. The van der Waals surface area contributed by atoms with E-state index in [1.807, 2.05) is 35.2 Å². The zero-order valence-electron chi connectivity index (χ0n) is 20.1. The number of aromatic nitrogens is 2. The van der Waals surface area contributed by atoms with E-state index in [0.29, 0.717) is 36.9 Å². The van der Waals surface area contributed by atoms with Gasteiger partial charge in [-0.15, -0.1) is 10.2 Å². The van der Waals surface area contributed by atoms with Gasteiger partial charge in [-0.05, 0) is 17.5 Å². The summed E-state index contributed by atoms with van der Waals surface area (Å²) >= 11 is 0. The molecule has 196 valence electrons. The van der Waals surface area contributed by atoms with Crippen molar-refractivity contribution in [3.8, 4) is 0 Å². The Balaban J connectivity index is 0.000000572. The molecule has 3 amide bonds. The Morgan fingerprint density at radius 2 is 1.83 bits per heavy atom. The maximum Gasteiger partial charge on any atom is 0.490 e. The molecule has 1 aliphatic heterocycles. The first-order valence-corrected chi connectivity index (χ1v) is 11.1. The van der Waals surface area contributed by atoms with Gasteiger partial charge in [0.15, 0.2) is 11.5 Å². The molecule has 4 N–H and O–H groups in total. The average molecular weight is 511 g/mol. The van der Waals surface area contributed by atoms with Crippen LogP contribution in [0.15, 0.2) is 36.4 Å². The van der Waals surface area contributed by atoms with Gasteiger partial charge in [0.05, 0.1) is 0 Å². The van der Waals surface area contributed by atoms with E-state index in [0.717, 1.165) is 17.7 Å². The lowest BCUT2D eigenvalue weighted by molar-refractivity contribution is -0.192. The van der Waals surface area contributed by atoms with Crippen LogP contribution in [0.4, 0.5) is 23.8 Å². The first-order valence-electron chi connectivity index (χ1n) is 11.1. The largest absolute Gasteiger partial charge is 0.490 e. The van der Waals surface area contributed by atoms with Crippen LogP contribution in [0.3, 0.4) is 0 Å². The smallest absolute Gasteiger partial charge is 0.475 e. The molecule has 2 heterocycles. The molecule has 1 aliphatic rings. The SMILES string of the molecule is CNC(=O)Nc1nnc(C(=O)N2CCN[C@@H](C(C)C)C2)cc1Cc1ccccc1.O=C(O)C(F)(F)F. The molecular formula is C23H29F3N6O4. The molecule has 0 spiro atoms. The van der Waals surface area contributed by atoms with Crippen molar-refractivity contribution in [3.63, 3.8) is 0 Å². The second-order valence-corrected chi connectivity index (χ2v) is 8.33. The molecule has 0 bridgehead atoms. The lowest BCUT2D eigenvalue weighted by Crippen LogP contribution is -2.54. The number of carbonyl (C=O) groups excluding carboxylic acids is 2. The Labute approximate surface area is 206 Å². The molecule has 1 saturated heterocycles. The average Bonchev–Trinajstić information content (AvgIpc) is 2.85. The Morgan fingerprint density at radius 1 is 1.19 bits per heavy atom. The topological polar surface area (TPSA) is 137 Å². The summed E-state index contributed by atoms with van der Waals surface area (Å²) < 4.78 is 31.7. The van der Waals surface area contributed by atoms with Crippen molar-refractivity contribution < 1.29 is 32.7 Å². The van der Waals surface area contributed by atoms with E-state index in [4.69, 9.17) is 9.90 Å². The zero-order valence-corrected chi connectivity index (χ0v) is 20.1. The lowest BCUT2D eigenvalue weighted by Gasteiger charge is -2.35. The van der Waals surface area contributed by atoms with Crippen molar-refractivity contribution in [2.45, 2.75) is 32.5 Å². The molecule has 0 unspecified atom stereocenters. The first-order chi connectivity index (χ1) is 16.9. The number of anilines is 1. The molecule has 0 aliphatic carbocycles. The number of hydrogen-bond donors (Lipinski definition) is 4. The number of benzene rings is 1. The third-order valence-electron chi connectivity index (χ3n) is 5.33. The highest BCUT2D eigenvalue weighted by Gasteiger charge is 2.38. The number of piperazine rings is 1. The van der Waals surface area contributed by atoms with Crippen molar-refractivity contribution in [2.24, 2.45) is 5.92 Å². The van der Waals surface area contributed by atoms with Gasteiger partial charge in [-0.1, -0.05) is 44.2 Å². The number of hydrogen-bond acceptors (Lipinski definition) is 6. The normalized spacial score (nSPS) is 15.5. The predicted molar refractivity (Wildman–Crippen MR) is 126 cm³/mol. The van der Waals surface area contributed by atoms with E-state index in [1.54, 1.807) is 6.07 Å². The van der Waals surface area contributed by atoms with E-state index in [9.17, 15) is 22.8 Å². The molecule has 1 fully saturated rings. The highest BCUT2D eigenvalue weighted by Crippen LogP contribution is 2.19. The molecule has 1 atom stereocenters. The Kier molecular flexibility index (Phi) is 10.1. The summed E-state index contributed by atoms with van der Waals surface area (Å²) in [6, 6.07) is 11.5. The number of amides is 3. The summed E-state index contributed by atoms with van der Waals surface area (Å²) in [5.41, 5.74) is 2.09. The van der Waals surface area contributed by atoms with E-state index >= 15 is 0 Å². The van der Waals surface area contributed by atoms with Crippen LogP contribution in [0.5, 0.6) is 0 Å². The Bertz CT molecular complexity index is 1050. The van der Waals surface area contributed by atoms with Crippen LogP contribution in [-0.2, 0) is 11.2 Å². The minimum atomic E-state index is -5.08. The highest BCUT2D eigenvalue weighted by atomic mass is 19.4. The summed E-state index contributed by atoms with van der Waals surface area (Å²) in [7, 11) is 1.53. The summed E-state index contributed by atoms with van der Waals surface area (Å²) in [6.45, 7) is 6.32. The number of nitrogens with zero attached hydrogens (tertiary/aromatic N) is 3. The van der Waals surface area contributed by atoms with E-state index in [-0.39, 0.29) is 18.0 Å². The summed E-state index contributed by atoms with van der Waals surface area (Å²) in [6.07, 6.45) is -4.55. The highest BCUT2D eigenvalue weighted by molar-refractivity contribution is 5.93. The molecule has 2 aromatic rings. The van der Waals surface area contributed by atoms with Crippen molar-refractivity contribution >= 4 is 23.7 Å². The lowest BCUT2D eigenvalue weighted by atomic mass is 10.0. The van der Waals surface area contributed by atoms with Gasteiger partial charge >= 0.3 is 18.2 Å². The third kappa shape index (κ3) is 8.48. The van der Waals surface area contributed by atoms with Crippen LogP contribution in [0.25, 0.3) is 0 Å². The van der Waals surface area contributed by atoms with Crippen LogP contribution >= 0.6 is 0 Å². The number of urea groups is 1. The van der Waals surface area contributed by atoms with Gasteiger partial charge in [-0.2, -0.15) is 13.2 Å². The first kappa shape index (κ1) is 28.5. The number of carbonyl (C=O) groups is 3. The van der Waals surface area contributed by atoms with Crippen molar-refractivity contribution in [1.29, 1.82) is 0 Å². The van der Waals surface area contributed by atoms with E-state index in [2.05, 4.69) is 40.0 Å². The van der Waals surface area contributed by atoms with Crippen molar-refractivity contribution in [3.05, 3.63) is 53.2 Å². The number of rotatable bonds is 5. The maximum absolute atomic E-state index is 13.1. The number of carboxylic acids is 1. The Hall–Kier alpha value is -3.74. The summed E-state index contributed by atoms with van der Waals surface area (Å²) in [5, 5.41) is 24.0. The quantitative estimate of drug-likeness (QED) is 0.485. The molecule has 13 heteroatoms. The van der Waals surface area contributed by atoms with E-state index in [1.165, 1.54) is 7.05 Å². The minimum absolute atomic E-state index is 0.134. The predicted octanol–water partition coefficient (Wildman–Crippen LogP) is 2.52. The molecule has 1 aromatic heterocycles. The second-order valence-electron chi connectivity index (χ2n) is 8.33. The molecule has 0 saturated carbocycles. The van der Waals surface area contributed by atoms with Crippen LogP contribution < -0.4 is 16.0 Å². The van der Waals surface area contributed by atoms with Gasteiger partial charge < -0.3 is 20.6 Å². The van der Waals surface area contributed by atoms with Crippen LogP contribution in [-0.4, -0.2) is 77.0 Å². The third-order valence-corrected chi connectivity index (χ3v) is 5.33. The van der Waals surface area contributed by atoms with Crippen molar-refractivity contribution in [2.75, 3.05) is 32.0 Å². The van der Waals surface area contributed by atoms with Gasteiger partial charge in [0.25, 0.3) is 5.91 Å². The standard InChI is InChI=1S/C21H28N6O2.C2HF3O2/c1-14(2)18-13-27(10-9-23-18)20(28)17-12-16(11-15-7-5-4-6-8-15)19(26-25-17)24-21(29)22-3;3-2(4,5)1(6)7/h4-8,12,14,18,23H,9-11,13H2,1-3H3,(H2,22,24,26,29);(H,6,7)/t18-;/m1./s1. The summed E-state index contributed by atoms with van der Waals surface area (Å²) in [5.74, 6) is -2.10. The molecule has 36 heavy (non-hydrogen) atoms. The fourth-order valence-electron chi connectivity index (χ4n) is 3.33. The summed E-state index contributed by atoms with van der Waals surface area (Å²) in [4.78, 5) is 35.6.